The molecule has 2 unspecified atom stereocenters. The van der Waals surface area contributed by atoms with Gasteiger partial charge in [-0.1, -0.05) is 24.6 Å². The molecule has 1 N–H and O–H groups in total. The summed E-state index contributed by atoms with van der Waals surface area (Å²) < 4.78 is 26.6. The number of nitrogens with one attached hydrogen (secondary N) is 1. The number of carbonyl (C=O) groups excluding carboxylic acids is 1. The molecule has 4 rings (SSSR count). The van der Waals surface area contributed by atoms with Crippen LogP contribution in [0.4, 0.5) is 0 Å². The maximum absolute atomic E-state index is 13.0. The molecule has 0 bridgehead atoms. The van der Waals surface area contributed by atoms with Crippen molar-refractivity contribution < 1.29 is 13.2 Å². The van der Waals surface area contributed by atoms with Crippen molar-refractivity contribution in [3.05, 3.63) is 36.0 Å². The second kappa shape index (κ2) is 7.28. The van der Waals surface area contributed by atoms with Gasteiger partial charge in [-0.3, -0.25) is 9.69 Å². The Balaban J connectivity index is 1.59. The Kier molecular flexibility index (Phi) is 4.99. The molecule has 1 amide bonds. The van der Waals surface area contributed by atoms with Crippen LogP contribution < -0.4 is 5.32 Å². The molecule has 1 aromatic carbocycles. The summed E-state index contributed by atoms with van der Waals surface area (Å²) in [4.78, 5) is 15.3. The number of para-hydroxylation sites is 1. The number of nitrogens with zero attached hydrogens (tertiary/aromatic N) is 2. The maximum Gasteiger partial charge on any atom is 0.253 e. The van der Waals surface area contributed by atoms with E-state index in [1.807, 2.05) is 37.4 Å². The lowest BCUT2D eigenvalue weighted by atomic mass is 10.0. The van der Waals surface area contributed by atoms with Gasteiger partial charge >= 0.3 is 0 Å². The number of hydrogen-bond donors (Lipinski definition) is 1. The minimum Gasteiger partial charge on any atom is -0.347 e. The minimum absolute atomic E-state index is 0.0341. The third-order valence-corrected chi connectivity index (χ3v) is 7.59. The van der Waals surface area contributed by atoms with Gasteiger partial charge in [-0.25, -0.2) is 8.42 Å². The fourth-order valence-corrected chi connectivity index (χ4v) is 6.46. The lowest BCUT2D eigenvalue weighted by Crippen LogP contribution is -2.52. The average Bonchev–Trinajstić information content (AvgIpc) is 3.19. The third-order valence-electron chi connectivity index (χ3n) is 5.87. The minimum atomic E-state index is -3.13. The normalized spacial score (nSPS) is 25.7. The van der Waals surface area contributed by atoms with E-state index in [4.69, 9.17) is 0 Å². The van der Waals surface area contributed by atoms with Gasteiger partial charge in [-0.05, 0) is 38.9 Å². The molecule has 2 aliphatic heterocycles. The summed E-state index contributed by atoms with van der Waals surface area (Å²) in [5, 5.41) is 3.96. The molecule has 2 aliphatic rings. The summed E-state index contributed by atoms with van der Waals surface area (Å²) in [5.74, 6) is 0.00331. The zero-order valence-corrected chi connectivity index (χ0v) is 16.5. The Morgan fingerprint density at radius 3 is 2.63 bits per heavy atom. The molecule has 27 heavy (non-hydrogen) atoms. The van der Waals surface area contributed by atoms with Gasteiger partial charge in [-0.2, -0.15) is 0 Å². The van der Waals surface area contributed by atoms with Crippen LogP contribution in [0.3, 0.4) is 0 Å². The summed E-state index contributed by atoms with van der Waals surface area (Å²) >= 11 is 0. The molecule has 0 radical (unpaired) electrons. The molecule has 0 aliphatic carbocycles. The maximum atomic E-state index is 13.0. The lowest BCUT2D eigenvalue weighted by molar-refractivity contribution is 0.0901. The second-order valence-electron chi connectivity index (χ2n) is 7.67. The topological polar surface area (TPSA) is 71.4 Å². The predicted octanol–water partition coefficient (Wildman–Crippen LogP) is 2.04. The first-order chi connectivity index (χ1) is 13.0. The number of benzene rings is 1. The highest BCUT2D eigenvalue weighted by atomic mass is 32.2. The Hall–Kier alpha value is -1.86. The van der Waals surface area contributed by atoms with Gasteiger partial charge in [0.2, 0.25) is 0 Å². The van der Waals surface area contributed by atoms with Crippen molar-refractivity contribution in [1.29, 1.82) is 0 Å². The van der Waals surface area contributed by atoms with Crippen molar-refractivity contribution in [2.24, 2.45) is 0 Å². The molecule has 0 saturated carbocycles. The standard InChI is InChI=1S/C20H27N3O3S/c1-2-22-12-16(15-8-4-5-9-18(15)22)20(24)21-17-13-27(25,26)14-19(17)23-10-6-3-7-11-23/h4-5,8-9,12,17,19H,2-3,6-7,10-11,13-14H2,1H3,(H,21,24). The van der Waals surface area contributed by atoms with Crippen LogP contribution in [0.15, 0.2) is 30.5 Å². The van der Waals surface area contributed by atoms with Crippen molar-refractivity contribution in [3.8, 4) is 0 Å². The Bertz CT molecular complexity index is 945. The fourth-order valence-electron chi connectivity index (χ4n) is 4.51. The highest BCUT2D eigenvalue weighted by Crippen LogP contribution is 2.25. The van der Waals surface area contributed by atoms with E-state index < -0.39 is 9.84 Å². The first-order valence-electron chi connectivity index (χ1n) is 9.82. The fraction of sp³-hybridized carbons (Fsp3) is 0.550. The van der Waals surface area contributed by atoms with Crippen LogP contribution in [0.1, 0.15) is 36.5 Å². The van der Waals surface area contributed by atoms with Crippen LogP contribution in [0.5, 0.6) is 0 Å². The van der Waals surface area contributed by atoms with Crippen molar-refractivity contribution >= 4 is 26.6 Å². The van der Waals surface area contributed by atoms with Crippen LogP contribution in [-0.4, -0.2) is 60.5 Å². The van der Waals surface area contributed by atoms with E-state index in [0.29, 0.717) is 5.56 Å². The lowest BCUT2D eigenvalue weighted by Gasteiger charge is -2.35. The molecule has 6 nitrogen and oxygen atoms in total. The number of likely N-dealkylation sites (tertiary alicyclic amines) is 1. The molecule has 2 aromatic rings. The number of carbonyl (C=O) groups is 1. The monoisotopic (exact) mass is 389 g/mol. The summed E-state index contributed by atoms with van der Waals surface area (Å²) in [5.41, 5.74) is 1.64. The Labute approximate surface area is 160 Å². The quantitative estimate of drug-likeness (QED) is 0.869. The van der Waals surface area contributed by atoms with Gasteiger partial charge in [0.15, 0.2) is 9.84 Å². The van der Waals surface area contributed by atoms with Crippen molar-refractivity contribution in [3.63, 3.8) is 0 Å². The first-order valence-corrected chi connectivity index (χ1v) is 11.6. The zero-order chi connectivity index (χ0) is 19.0. The number of aromatic nitrogens is 1. The number of piperidine rings is 1. The molecule has 2 atom stereocenters. The predicted molar refractivity (Wildman–Crippen MR) is 107 cm³/mol. The van der Waals surface area contributed by atoms with Crippen LogP contribution in [-0.2, 0) is 16.4 Å². The average molecular weight is 390 g/mol. The Morgan fingerprint density at radius 2 is 1.89 bits per heavy atom. The molecular formula is C20H27N3O3S. The largest absolute Gasteiger partial charge is 0.347 e. The number of fused-ring (bicyclic) bond motifs is 1. The van der Waals surface area contributed by atoms with Crippen molar-refractivity contribution in [2.75, 3.05) is 24.6 Å². The molecule has 1 aromatic heterocycles. The molecule has 146 valence electrons. The number of rotatable bonds is 4. The van der Waals surface area contributed by atoms with E-state index in [2.05, 4.69) is 14.8 Å². The molecule has 7 heteroatoms. The molecular weight excluding hydrogens is 362 g/mol. The van der Waals surface area contributed by atoms with Gasteiger partial charge in [-0.15, -0.1) is 0 Å². The molecule has 2 saturated heterocycles. The second-order valence-corrected chi connectivity index (χ2v) is 9.82. The number of hydrogen-bond acceptors (Lipinski definition) is 4. The van der Waals surface area contributed by atoms with Gasteiger partial charge in [0.05, 0.1) is 23.1 Å². The summed E-state index contributed by atoms with van der Waals surface area (Å²) in [6.45, 7) is 4.66. The highest BCUT2D eigenvalue weighted by Gasteiger charge is 2.42. The zero-order valence-electron chi connectivity index (χ0n) is 15.7. The van der Waals surface area contributed by atoms with Crippen LogP contribution in [0, 0.1) is 0 Å². The van der Waals surface area contributed by atoms with E-state index in [1.54, 1.807) is 0 Å². The third kappa shape index (κ3) is 3.62. The summed E-state index contributed by atoms with van der Waals surface area (Å²) in [7, 11) is -3.13. The molecule has 0 spiro atoms. The Morgan fingerprint density at radius 1 is 1.15 bits per heavy atom. The van der Waals surface area contributed by atoms with E-state index in [0.717, 1.165) is 43.4 Å². The van der Waals surface area contributed by atoms with Crippen molar-refractivity contribution in [2.45, 2.75) is 44.8 Å². The van der Waals surface area contributed by atoms with E-state index >= 15 is 0 Å². The van der Waals surface area contributed by atoms with E-state index in [1.165, 1.54) is 6.42 Å². The van der Waals surface area contributed by atoms with Crippen molar-refractivity contribution in [1.82, 2.24) is 14.8 Å². The van der Waals surface area contributed by atoms with Gasteiger partial charge in [0.25, 0.3) is 5.91 Å². The number of aryl methyl sites for hydroxylation is 1. The van der Waals surface area contributed by atoms with Gasteiger partial charge in [0.1, 0.15) is 0 Å². The molecule has 3 heterocycles. The SMILES string of the molecule is CCn1cc(C(=O)NC2CS(=O)(=O)CC2N2CCCCC2)c2ccccc21. The smallest absolute Gasteiger partial charge is 0.253 e. The number of sulfone groups is 1. The summed E-state index contributed by atoms with van der Waals surface area (Å²) in [6.07, 6.45) is 5.27. The van der Waals surface area contributed by atoms with Gasteiger partial charge < -0.3 is 9.88 Å². The first kappa shape index (κ1) is 18.5. The van der Waals surface area contributed by atoms with Crippen LogP contribution in [0.25, 0.3) is 10.9 Å². The highest BCUT2D eigenvalue weighted by molar-refractivity contribution is 7.91. The van der Waals surface area contributed by atoms with Crippen LogP contribution in [0.2, 0.25) is 0 Å². The van der Waals surface area contributed by atoms with E-state index in [9.17, 15) is 13.2 Å². The van der Waals surface area contributed by atoms with E-state index in [-0.39, 0.29) is 29.5 Å². The summed E-state index contributed by atoms with van der Waals surface area (Å²) in [6, 6.07) is 7.39. The van der Waals surface area contributed by atoms with Gasteiger partial charge in [0, 0.05) is 29.7 Å². The molecule has 2 fully saturated rings. The van der Waals surface area contributed by atoms with Crippen LogP contribution >= 0.6 is 0 Å². The number of amides is 1.